The number of H-pyrrole nitrogens is 1. The molecule has 0 aliphatic carbocycles. The molecule has 1 heterocycles. The van der Waals surface area contributed by atoms with Crippen molar-refractivity contribution in [2.75, 3.05) is 6.61 Å². The lowest BCUT2D eigenvalue weighted by Gasteiger charge is -2.02. The molecule has 1 aromatic heterocycles. The Kier molecular flexibility index (Phi) is 4.94. The van der Waals surface area contributed by atoms with Gasteiger partial charge in [-0.1, -0.05) is 34.1 Å². The molecule has 0 spiro atoms. The Morgan fingerprint density at radius 1 is 1.16 bits per heavy atom. The zero-order chi connectivity index (χ0) is 18.0. The fourth-order valence-electron chi connectivity index (χ4n) is 2.38. The molecule has 0 atom stereocenters. The van der Waals surface area contributed by atoms with E-state index in [1.54, 1.807) is 31.2 Å². The summed E-state index contributed by atoms with van der Waals surface area (Å²) in [4.78, 5) is 19.2. The molecule has 0 saturated heterocycles. The Bertz CT molecular complexity index is 903. The maximum Gasteiger partial charge on any atom is 0.357 e. The average molecular weight is 407 g/mol. The number of carbonyl (C=O) groups is 1. The second kappa shape index (κ2) is 7.14. The number of nitrogens with zero attached hydrogens (tertiary/aromatic N) is 1. The third-order valence-corrected chi connectivity index (χ3v) is 4.03. The minimum absolute atomic E-state index is 0.0434. The molecule has 3 aromatic rings. The Morgan fingerprint density at radius 2 is 1.80 bits per heavy atom. The summed E-state index contributed by atoms with van der Waals surface area (Å²) in [7, 11) is 0. The summed E-state index contributed by atoms with van der Waals surface area (Å²) in [6.07, 6.45) is 0. The number of aromatic nitrogens is 2. The summed E-state index contributed by atoms with van der Waals surface area (Å²) in [5, 5.41) is 0. The predicted molar refractivity (Wildman–Crippen MR) is 93.0 cm³/mol. The number of hydrogen-bond donors (Lipinski definition) is 1. The number of aromatic amines is 1. The van der Waals surface area contributed by atoms with Gasteiger partial charge in [-0.3, -0.25) is 0 Å². The van der Waals surface area contributed by atoms with Gasteiger partial charge >= 0.3 is 5.97 Å². The van der Waals surface area contributed by atoms with Crippen LogP contribution < -0.4 is 0 Å². The highest BCUT2D eigenvalue weighted by Gasteiger charge is 2.23. The molecule has 4 nitrogen and oxygen atoms in total. The number of nitrogens with one attached hydrogen (secondary N) is 1. The van der Waals surface area contributed by atoms with Gasteiger partial charge in [0.25, 0.3) is 0 Å². The van der Waals surface area contributed by atoms with Crippen LogP contribution in [0.5, 0.6) is 0 Å². The first-order valence-electron chi connectivity index (χ1n) is 7.48. The molecule has 0 unspecified atom stereocenters. The smallest absolute Gasteiger partial charge is 0.357 e. The van der Waals surface area contributed by atoms with Gasteiger partial charge in [-0.15, -0.1) is 0 Å². The van der Waals surface area contributed by atoms with E-state index in [9.17, 15) is 13.6 Å². The number of halogens is 3. The predicted octanol–water partition coefficient (Wildman–Crippen LogP) is 4.96. The van der Waals surface area contributed by atoms with Gasteiger partial charge < -0.3 is 9.72 Å². The highest BCUT2D eigenvalue weighted by atomic mass is 79.9. The quantitative estimate of drug-likeness (QED) is 0.622. The molecule has 0 fully saturated rings. The summed E-state index contributed by atoms with van der Waals surface area (Å²) in [5.41, 5.74) is 0.604. The molecule has 0 amide bonds. The first-order valence-corrected chi connectivity index (χ1v) is 8.28. The second-order valence-corrected chi connectivity index (χ2v) is 6.05. The van der Waals surface area contributed by atoms with Crippen LogP contribution in [0.4, 0.5) is 8.78 Å². The van der Waals surface area contributed by atoms with Crippen LogP contribution in [-0.4, -0.2) is 22.5 Å². The van der Waals surface area contributed by atoms with E-state index in [-0.39, 0.29) is 29.4 Å². The highest BCUT2D eigenvalue weighted by molar-refractivity contribution is 9.10. The zero-order valence-electron chi connectivity index (χ0n) is 13.1. The standard InChI is InChI=1S/C18H13BrF2N2O2/c1-2-25-18(24)16-15(10-6-8-11(19)9-7-10)22-17(23-16)14-12(20)4-3-5-13(14)21/h3-9H,2H2,1H3,(H,22,23). The van der Waals surface area contributed by atoms with Crippen molar-refractivity contribution in [1.29, 1.82) is 0 Å². The van der Waals surface area contributed by atoms with Crippen molar-refractivity contribution < 1.29 is 18.3 Å². The summed E-state index contributed by atoms with van der Waals surface area (Å²) in [6, 6.07) is 10.6. The molecule has 3 rings (SSSR count). The van der Waals surface area contributed by atoms with Gasteiger partial charge in [0.2, 0.25) is 0 Å². The molecular weight excluding hydrogens is 394 g/mol. The molecule has 2 aromatic carbocycles. The van der Waals surface area contributed by atoms with Crippen molar-refractivity contribution in [3.63, 3.8) is 0 Å². The van der Waals surface area contributed by atoms with E-state index in [4.69, 9.17) is 4.74 Å². The molecule has 0 aliphatic rings. The van der Waals surface area contributed by atoms with E-state index in [1.165, 1.54) is 6.07 Å². The van der Waals surface area contributed by atoms with Gasteiger partial charge in [0.05, 0.1) is 12.2 Å². The molecule has 0 aliphatic heterocycles. The molecule has 1 N–H and O–H groups in total. The zero-order valence-corrected chi connectivity index (χ0v) is 14.7. The average Bonchev–Trinajstić information content (AvgIpc) is 3.00. The number of imidazole rings is 1. The van der Waals surface area contributed by atoms with Crippen molar-refractivity contribution in [2.45, 2.75) is 6.92 Å². The Balaban J connectivity index is 2.18. The lowest BCUT2D eigenvalue weighted by atomic mass is 10.1. The third kappa shape index (κ3) is 3.46. The third-order valence-electron chi connectivity index (χ3n) is 3.50. The SMILES string of the molecule is CCOC(=O)c1[nH]c(-c2c(F)cccc2F)nc1-c1ccc(Br)cc1. The minimum Gasteiger partial charge on any atom is -0.461 e. The van der Waals surface area contributed by atoms with E-state index in [0.29, 0.717) is 5.56 Å². The summed E-state index contributed by atoms with van der Waals surface area (Å²) >= 11 is 3.33. The van der Waals surface area contributed by atoms with Crippen LogP contribution in [0.2, 0.25) is 0 Å². The number of hydrogen-bond acceptors (Lipinski definition) is 3. The van der Waals surface area contributed by atoms with Crippen LogP contribution in [-0.2, 0) is 4.74 Å². The monoisotopic (exact) mass is 406 g/mol. The number of benzene rings is 2. The summed E-state index contributed by atoms with van der Waals surface area (Å²) in [5.74, 6) is -2.26. The van der Waals surface area contributed by atoms with Crippen LogP contribution in [0, 0.1) is 11.6 Å². The highest BCUT2D eigenvalue weighted by Crippen LogP contribution is 2.30. The lowest BCUT2D eigenvalue weighted by molar-refractivity contribution is 0.0521. The van der Waals surface area contributed by atoms with Crippen molar-refractivity contribution in [3.8, 4) is 22.6 Å². The van der Waals surface area contributed by atoms with Gasteiger partial charge in [0.15, 0.2) is 5.69 Å². The molecule has 128 valence electrons. The topological polar surface area (TPSA) is 55.0 Å². The van der Waals surface area contributed by atoms with Crippen molar-refractivity contribution in [1.82, 2.24) is 9.97 Å². The maximum atomic E-state index is 14.1. The van der Waals surface area contributed by atoms with Gasteiger partial charge in [0.1, 0.15) is 23.2 Å². The molecule has 0 bridgehead atoms. The molecular formula is C18H13BrF2N2O2. The molecule has 0 saturated carbocycles. The van der Waals surface area contributed by atoms with Gasteiger partial charge in [0, 0.05) is 10.0 Å². The van der Waals surface area contributed by atoms with Crippen molar-refractivity contribution >= 4 is 21.9 Å². The van der Waals surface area contributed by atoms with Crippen LogP contribution >= 0.6 is 15.9 Å². The van der Waals surface area contributed by atoms with E-state index >= 15 is 0 Å². The van der Waals surface area contributed by atoms with Crippen molar-refractivity contribution in [2.24, 2.45) is 0 Å². The summed E-state index contributed by atoms with van der Waals surface area (Å²) < 4.78 is 34.0. The normalized spacial score (nSPS) is 10.7. The van der Waals surface area contributed by atoms with Crippen LogP contribution in [0.25, 0.3) is 22.6 Å². The first-order chi connectivity index (χ1) is 12.0. The number of ether oxygens (including phenoxy) is 1. The Morgan fingerprint density at radius 3 is 2.40 bits per heavy atom. The van der Waals surface area contributed by atoms with E-state index in [0.717, 1.165) is 16.6 Å². The number of rotatable bonds is 4. The van der Waals surface area contributed by atoms with E-state index < -0.39 is 17.6 Å². The maximum absolute atomic E-state index is 14.1. The van der Waals surface area contributed by atoms with E-state index in [2.05, 4.69) is 25.9 Å². The van der Waals surface area contributed by atoms with E-state index in [1.807, 2.05) is 0 Å². The fraction of sp³-hybridized carbons (Fsp3) is 0.111. The molecule has 7 heteroatoms. The Hall–Kier alpha value is -2.54. The second-order valence-electron chi connectivity index (χ2n) is 5.13. The van der Waals surface area contributed by atoms with Gasteiger partial charge in [-0.25, -0.2) is 18.6 Å². The van der Waals surface area contributed by atoms with Crippen LogP contribution in [0.1, 0.15) is 17.4 Å². The largest absolute Gasteiger partial charge is 0.461 e. The van der Waals surface area contributed by atoms with Crippen molar-refractivity contribution in [3.05, 3.63) is 64.3 Å². The number of esters is 1. The molecule has 0 radical (unpaired) electrons. The van der Waals surface area contributed by atoms with Crippen LogP contribution in [0.3, 0.4) is 0 Å². The minimum atomic E-state index is -0.772. The molecule has 25 heavy (non-hydrogen) atoms. The van der Waals surface area contributed by atoms with Gasteiger partial charge in [-0.2, -0.15) is 0 Å². The fourth-order valence-corrected chi connectivity index (χ4v) is 2.65. The first kappa shape index (κ1) is 17.3. The summed E-state index contributed by atoms with van der Waals surface area (Å²) in [6.45, 7) is 1.84. The van der Waals surface area contributed by atoms with Gasteiger partial charge in [-0.05, 0) is 31.2 Å². The lowest BCUT2D eigenvalue weighted by Crippen LogP contribution is -2.06. The number of carbonyl (C=O) groups excluding carboxylic acids is 1. The Labute approximate surface area is 151 Å². The van der Waals surface area contributed by atoms with Crippen LogP contribution in [0.15, 0.2) is 46.9 Å².